The summed E-state index contributed by atoms with van der Waals surface area (Å²) in [6.07, 6.45) is 2.23. The van der Waals surface area contributed by atoms with Crippen LogP contribution in [0.3, 0.4) is 0 Å². The average Bonchev–Trinajstić information content (AvgIpc) is 2.84. The molecule has 0 N–H and O–H groups in total. The van der Waals surface area contributed by atoms with E-state index in [1.54, 1.807) is 18.2 Å². The zero-order valence-electron chi connectivity index (χ0n) is 8.12. The topological polar surface area (TPSA) is 43.4 Å². The van der Waals surface area contributed by atoms with Crippen molar-refractivity contribution in [2.24, 2.45) is 0 Å². The summed E-state index contributed by atoms with van der Waals surface area (Å²) in [7, 11) is 0. The Morgan fingerprint density at radius 2 is 2.20 bits per heavy atom. The molecule has 0 unspecified atom stereocenters. The molecule has 0 aliphatic rings. The molecule has 0 saturated heterocycles. The fraction of sp³-hybridized carbons (Fsp3) is 0.182. The smallest absolute Gasteiger partial charge is 0.264 e. The second-order valence-corrected chi connectivity index (χ2v) is 3.90. The van der Waals surface area contributed by atoms with Gasteiger partial charge in [-0.15, -0.1) is 0 Å². The summed E-state index contributed by atoms with van der Waals surface area (Å²) in [4.78, 5) is 11.8. The molecule has 0 bridgehead atoms. The zero-order chi connectivity index (χ0) is 10.8. The van der Waals surface area contributed by atoms with Gasteiger partial charge in [-0.2, -0.15) is 0 Å². The van der Waals surface area contributed by atoms with Crippen molar-refractivity contribution < 1.29 is 13.6 Å². The molecular weight excluding hydrogens is 260 g/mol. The molecule has 15 heavy (non-hydrogen) atoms. The lowest BCUT2D eigenvalue weighted by Crippen LogP contribution is -1.98. The molecule has 2 aromatic rings. The van der Waals surface area contributed by atoms with Crippen molar-refractivity contribution in [2.45, 2.75) is 13.3 Å². The molecule has 2 heterocycles. The quantitative estimate of drug-likeness (QED) is 0.802. The number of carbonyl (C=O) groups excluding carboxylic acids is 1. The number of furan rings is 2. The summed E-state index contributed by atoms with van der Waals surface area (Å²) < 4.78 is 11.1. The van der Waals surface area contributed by atoms with Gasteiger partial charge in [0.1, 0.15) is 5.76 Å². The lowest BCUT2D eigenvalue weighted by atomic mass is 10.2. The summed E-state index contributed by atoms with van der Waals surface area (Å²) >= 11 is 3.23. The Morgan fingerprint density at radius 1 is 1.40 bits per heavy atom. The van der Waals surface area contributed by atoms with Crippen molar-refractivity contribution in [3.63, 3.8) is 0 Å². The first-order chi connectivity index (χ1) is 7.22. The van der Waals surface area contributed by atoms with E-state index in [1.165, 1.54) is 6.26 Å². The van der Waals surface area contributed by atoms with Crippen LogP contribution in [0.15, 0.2) is 37.8 Å². The van der Waals surface area contributed by atoms with Gasteiger partial charge in [0.05, 0.1) is 10.7 Å². The molecule has 0 atom stereocenters. The van der Waals surface area contributed by atoms with Gasteiger partial charge >= 0.3 is 0 Å². The number of ketones is 1. The molecule has 0 aliphatic heterocycles. The van der Waals surface area contributed by atoms with Gasteiger partial charge in [-0.25, -0.2) is 0 Å². The molecule has 0 aliphatic carbocycles. The predicted molar refractivity (Wildman–Crippen MR) is 57.9 cm³/mol. The van der Waals surface area contributed by atoms with E-state index in [0.29, 0.717) is 10.2 Å². The van der Waals surface area contributed by atoms with Gasteiger partial charge in [-0.1, -0.05) is 6.92 Å². The molecule has 0 amide bonds. The second kappa shape index (κ2) is 4.06. The normalized spacial score (nSPS) is 10.5. The van der Waals surface area contributed by atoms with Crippen molar-refractivity contribution in [1.82, 2.24) is 0 Å². The third-order valence-electron chi connectivity index (χ3n) is 2.06. The van der Waals surface area contributed by atoms with E-state index in [9.17, 15) is 4.79 Å². The first kappa shape index (κ1) is 10.2. The molecule has 0 aromatic carbocycles. The maximum atomic E-state index is 11.8. The summed E-state index contributed by atoms with van der Waals surface area (Å²) in [5.41, 5.74) is 0. The molecule has 0 spiro atoms. The maximum absolute atomic E-state index is 11.8. The molecule has 0 fully saturated rings. The summed E-state index contributed by atoms with van der Waals surface area (Å²) in [5, 5.41) is 0. The van der Waals surface area contributed by atoms with Gasteiger partial charge in [0.25, 0.3) is 5.78 Å². The number of halogens is 1. The van der Waals surface area contributed by atoms with Crippen LogP contribution in [0.2, 0.25) is 0 Å². The molecular formula is C11H9BrO3. The third kappa shape index (κ3) is 1.90. The van der Waals surface area contributed by atoms with Gasteiger partial charge in [0, 0.05) is 6.42 Å². The minimum absolute atomic E-state index is 0.244. The lowest BCUT2D eigenvalue weighted by molar-refractivity contribution is 0.0980. The first-order valence-corrected chi connectivity index (χ1v) is 5.38. The number of hydrogen-bond acceptors (Lipinski definition) is 3. The van der Waals surface area contributed by atoms with E-state index in [1.807, 2.05) is 6.92 Å². The molecule has 3 nitrogen and oxygen atoms in total. The molecule has 0 saturated carbocycles. The van der Waals surface area contributed by atoms with Crippen LogP contribution in [0, 0.1) is 0 Å². The molecule has 4 heteroatoms. The fourth-order valence-corrected chi connectivity index (χ4v) is 1.64. The summed E-state index contributed by atoms with van der Waals surface area (Å²) in [6, 6.07) is 5.14. The Bertz CT molecular complexity index is 481. The van der Waals surface area contributed by atoms with E-state index in [2.05, 4.69) is 15.9 Å². The van der Waals surface area contributed by atoms with E-state index < -0.39 is 0 Å². The Hall–Kier alpha value is -1.29. The third-order valence-corrected chi connectivity index (χ3v) is 2.68. The van der Waals surface area contributed by atoms with Gasteiger partial charge < -0.3 is 8.83 Å². The minimum atomic E-state index is -0.244. The van der Waals surface area contributed by atoms with E-state index in [-0.39, 0.29) is 11.5 Å². The van der Waals surface area contributed by atoms with Crippen LogP contribution in [-0.4, -0.2) is 5.78 Å². The fourth-order valence-electron chi connectivity index (χ4n) is 1.26. The van der Waals surface area contributed by atoms with E-state index in [4.69, 9.17) is 8.83 Å². The lowest BCUT2D eigenvalue weighted by Gasteiger charge is -1.93. The Labute approximate surface area is 95.2 Å². The Balaban J connectivity index is 2.32. The van der Waals surface area contributed by atoms with Gasteiger partial charge in [0.15, 0.2) is 11.5 Å². The highest BCUT2D eigenvalue weighted by Gasteiger charge is 2.19. The van der Waals surface area contributed by atoms with Gasteiger partial charge in [-0.3, -0.25) is 4.79 Å². The van der Waals surface area contributed by atoms with Crippen LogP contribution in [0.4, 0.5) is 0 Å². The monoisotopic (exact) mass is 268 g/mol. The number of hydrogen-bond donors (Lipinski definition) is 0. The Morgan fingerprint density at radius 3 is 2.73 bits per heavy atom. The van der Waals surface area contributed by atoms with E-state index in [0.717, 1.165) is 12.2 Å². The SMILES string of the molecule is CCc1ccc(C(=O)c2occc2Br)o1. The van der Waals surface area contributed by atoms with Crippen molar-refractivity contribution in [1.29, 1.82) is 0 Å². The maximum Gasteiger partial charge on any atom is 0.264 e. The van der Waals surface area contributed by atoms with Crippen LogP contribution in [0.25, 0.3) is 0 Å². The standard InChI is InChI=1S/C11H9BrO3/c1-2-7-3-4-9(15-7)10(13)11-8(12)5-6-14-11/h3-6H,2H2,1H3. The van der Waals surface area contributed by atoms with Crippen LogP contribution in [0.5, 0.6) is 0 Å². The molecule has 78 valence electrons. The highest BCUT2D eigenvalue weighted by Crippen LogP contribution is 2.22. The first-order valence-electron chi connectivity index (χ1n) is 4.58. The molecule has 2 rings (SSSR count). The zero-order valence-corrected chi connectivity index (χ0v) is 9.71. The van der Waals surface area contributed by atoms with Crippen molar-refractivity contribution in [2.75, 3.05) is 0 Å². The largest absolute Gasteiger partial charge is 0.459 e. The average molecular weight is 269 g/mol. The minimum Gasteiger partial charge on any atom is -0.459 e. The van der Waals surface area contributed by atoms with Crippen LogP contribution in [-0.2, 0) is 6.42 Å². The predicted octanol–water partition coefficient (Wildman–Crippen LogP) is 3.43. The van der Waals surface area contributed by atoms with Crippen molar-refractivity contribution in [3.05, 3.63) is 46.2 Å². The second-order valence-electron chi connectivity index (χ2n) is 3.05. The highest BCUT2D eigenvalue weighted by molar-refractivity contribution is 9.10. The van der Waals surface area contributed by atoms with Crippen LogP contribution in [0.1, 0.15) is 29.0 Å². The van der Waals surface area contributed by atoms with Crippen LogP contribution < -0.4 is 0 Å². The number of rotatable bonds is 3. The van der Waals surface area contributed by atoms with Gasteiger partial charge in [0.2, 0.25) is 0 Å². The van der Waals surface area contributed by atoms with Gasteiger partial charge in [-0.05, 0) is 34.1 Å². The van der Waals surface area contributed by atoms with Crippen molar-refractivity contribution in [3.8, 4) is 0 Å². The van der Waals surface area contributed by atoms with Crippen molar-refractivity contribution >= 4 is 21.7 Å². The summed E-state index contributed by atoms with van der Waals surface area (Å²) in [6.45, 7) is 1.97. The molecule has 0 radical (unpaired) electrons. The van der Waals surface area contributed by atoms with E-state index >= 15 is 0 Å². The number of carbonyl (C=O) groups is 1. The van der Waals surface area contributed by atoms with Crippen LogP contribution >= 0.6 is 15.9 Å². The molecule has 2 aromatic heterocycles. The highest BCUT2D eigenvalue weighted by atomic mass is 79.9. The number of aryl methyl sites for hydroxylation is 1. The Kier molecular flexibility index (Phi) is 2.77. The summed E-state index contributed by atoms with van der Waals surface area (Å²) in [5.74, 6) is 1.13.